The molecule has 0 amide bonds. The fourth-order valence-corrected chi connectivity index (χ4v) is 2.32. The highest BCUT2D eigenvalue weighted by molar-refractivity contribution is 7.92. The van der Waals surface area contributed by atoms with E-state index in [9.17, 15) is 13.2 Å². The van der Waals surface area contributed by atoms with E-state index < -0.39 is 16.0 Å². The Morgan fingerprint density at radius 1 is 1.56 bits per heavy atom. The van der Waals surface area contributed by atoms with Gasteiger partial charge < -0.3 is 4.74 Å². The molecule has 0 aromatic carbocycles. The van der Waals surface area contributed by atoms with Gasteiger partial charge in [0.15, 0.2) is 0 Å². The van der Waals surface area contributed by atoms with Crippen molar-refractivity contribution in [1.82, 2.24) is 9.97 Å². The highest BCUT2D eigenvalue weighted by Gasteiger charge is 2.12. The molecule has 0 fully saturated rings. The maximum absolute atomic E-state index is 11.6. The van der Waals surface area contributed by atoms with Crippen LogP contribution in [0.2, 0.25) is 5.28 Å². The molecule has 1 aromatic heterocycles. The molecule has 0 saturated heterocycles. The number of ether oxygens (including phenoxy) is 1. The average molecular weight is 294 g/mol. The third-order valence-corrected chi connectivity index (χ3v) is 3.44. The summed E-state index contributed by atoms with van der Waals surface area (Å²) in [5.74, 6) is -0.563. The van der Waals surface area contributed by atoms with Crippen LogP contribution in [0.25, 0.3) is 0 Å². The first-order chi connectivity index (χ1) is 8.43. The quantitative estimate of drug-likeness (QED) is 0.616. The Labute approximate surface area is 110 Å². The number of anilines is 1. The van der Waals surface area contributed by atoms with Gasteiger partial charge in [0.1, 0.15) is 5.82 Å². The number of halogens is 1. The molecule has 0 aliphatic rings. The number of carbonyl (C=O) groups excluding carboxylic acids is 1. The van der Waals surface area contributed by atoms with E-state index in [0.29, 0.717) is 0 Å². The van der Waals surface area contributed by atoms with Crippen LogP contribution in [0.4, 0.5) is 5.82 Å². The van der Waals surface area contributed by atoms with Gasteiger partial charge in [-0.05, 0) is 24.1 Å². The van der Waals surface area contributed by atoms with E-state index in [1.165, 1.54) is 19.4 Å². The van der Waals surface area contributed by atoms with E-state index in [1.54, 1.807) is 0 Å². The molecule has 0 aliphatic heterocycles. The van der Waals surface area contributed by atoms with Crippen molar-refractivity contribution in [1.29, 1.82) is 0 Å². The van der Waals surface area contributed by atoms with Crippen molar-refractivity contribution in [3.63, 3.8) is 0 Å². The van der Waals surface area contributed by atoms with E-state index in [1.807, 2.05) is 0 Å². The molecule has 9 heteroatoms. The summed E-state index contributed by atoms with van der Waals surface area (Å²) in [4.78, 5) is 18.1. The SMILES string of the molecule is COC(=O)CCCS(=O)(=O)Nc1ccnc(Cl)n1. The summed E-state index contributed by atoms with van der Waals surface area (Å²) in [5.41, 5.74) is 0. The third-order valence-electron chi connectivity index (χ3n) is 1.91. The monoisotopic (exact) mass is 293 g/mol. The Morgan fingerprint density at radius 3 is 2.89 bits per heavy atom. The van der Waals surface area contributed by atoms with Crippen LogP contribution < -0.4 is 4.72 Å². The van der Waals surface area contributed by atoms with E-state index >= 15 is 0 Å². The molecule has 100 valence electrons. The van der Waals surface area contributed by atoms with Gasteiger partial charge in [0.25, 0.3) is 0 Å². The maximum Gasteiger partial charge on any atom is 0.305 e. The minimum atomic E-state index is -3.56. The minimum Gasteiger partial charge on any atom is -0.469 e. The second kappa shape index (κ2) is 6.50. The Balaban J connectivity index is 2.52. The largest absolute Gasteiger partial charge is 0.469 e. The first-order valence-electron chi connectivity index (χ1n) is 4.99. The number of nitrogens with zero attached hydrogens (tertiary/aromatic N) is 2. The van der Waals surface area contributed by atoms with Crippen LogP contribution in [0, 0.1) is 0 Å². The Kier molecular flexibility index (Phi) is 5.29. The summed E-state index contributed by atoms with van der Waals surface area (Å²) >= 11 is 5.52. The van der Waals surface area contributed by atoms with Crippen LogP contribution in [0.3, 0.4) is 0 Å². The highest BCUT2D eigenvalue weighted by atomic mass is 35.5. The van der Waals surface area contributed by atoms with Crippen molar-refractivity contribution in [2.24, 2.45) is 0 Å². The molecule has 1 rings (SSSR count). The zero-order chi connectivity index (χ0) is 13.6. The van der Waals surface area contributed by atoms with Gasteiger partial charge in [0, 0.05) is 12.6 Å². The molecule has 0 spiro atoms. The highest BCUT2D eigenvalue weighted by Crippen LogP contribution is 2.09. The van der Waals surface area contributed by atoms with Crippen molar-refractivity contribution in [3.8, 4) is 0 Å². The molecule has 1 aromatic rings. The molecule has 0 atom stereocenters. The topological polar surface area (TPSA) is 98.2 Å². The minimum absolute atomic E-state index is 0.0436. The summed E-state index contributed by atoms with van der Waals surface area (Å²) in [7, 11) is -2.31. The number of methoxy groups -OCH3 is 1. The summed E-state index contributed by atoms with van der Waals surface area (Å²) in [6, 6.07) is 1.38. The number of hydrogen-bond acceptors (Lipinski definition) is 6. The number of carbonyl (C=O) groups is 1. The fourth-order valence-electron chi connectivity index (χ4n) is 1.11. The van der Waals surface area contributed by atoms with Crippen LogP contribution in [0.5, 0.6) is 0 Å². The van der Waals surface area contributed by atoms with Gasteiger partial charge in [-0.15, -0.1) is 0 Å². The van der Waals surface area contributed by atoms with Crippen molar-refractivity contribution >= 4 is 33.4 Å². The van der Waals surface area contributed by atoms with E-state index in [0.717, 1.165) is 0 Å². The van der Waals surface area contributed by atoms with Gasteiger partial charge in [-0.2, -0.15) is 4.98 Å². The molecule has 1 heterocycles. The first kappa shape index (κ1) is 14.7. The number of nitrogens with one attached hydrogen (secondary N) is 1. The molecule has 0 bridgehead atoms. The van der Waals surface area contributed by atoms with Gasteiger partial charge in [-0.1, -0.05) is 0 Å². The second-order valence-electron chi connectivity index (χ2n) is 3.31. The first-order valence-corrected chi connectivity index (χ1v) is 7.02. The van der Waals surface area contributed by atoms with Crippen LogP contribution in [-0.2, 0) is 19.6 Å². The zero-order valence-corrected chi connectivity index (χ0v) is 11.2. The normalized spacial score (nSPS) is 11.0. The molecule has 0 radical (unpaired) electrons. The zero-order valence-electron chi connectivity index (χ0n) is 9.59. The third kappa shape index (κ3) is 5.28. The summed E-state index contributed by atoms with van der Waals surface area (Å²) in [6.45, 7) is 0. The number of rotatable bonds is 6. The van der Waals surface area contributed by atoms with Crippen molar-refractivity contribution < 1.29 is 17.9 Å². The summed E-state index contributed by atoms with van der Waals surface area (Å²) in [6.07, 6.45) is 1.55. The molecular weight excluding hydrogens is 282 g/mol. The predicted molar refractivity (Wildman–Crippen MR) is 65.7 cm³/mol. The molecule has 0 unspecified atom stereocenters. The van der Waals surface area contributed by atoms with Crippen LogP contribution in [0.1, 0.15) is 12.8 Å². The summed E-state index contributed by atoms with van der Waals surface area (Å²) < 4.78 is 29.9. The maximum atomic E-state index is 11.6. The number of esters is 1. The van der Waals surface area contributed by atoms with Crippen LogP contribution in [0.15, 0.2) is 12.3 Å². The second-order valence-corrected chi connectivity index (χ2v) is 5.49. The van der Waals surface area contributed by atoms with Crippen LogP contribution in [-0.4, -0.2) is 37.2 Å². The van der Waals surface area contributed by atoms with Gasteiger partial charge in [-0.3, -0.25) is 9.52 Å². The van der Waals surface area contributed by atoms with E-state index in [-0.39, 0.29) is 29.7 Å². The lowest BCUT2D eigenvalue weighted by Gasteiger charge is -2.06. The molecule has 7 nitrogen and oxygen atoms in total. The Bertz CT molecular complexity index is 520. The lowest BCUT2D eigenvalue weighted by molar-refractivity contribution is -0.140. The lowest BCUT2D eigenvalue weighted by Crippen LogP contribution is -2.18. The smallest absolute Gasteiger partial charge is 0.305 e. The van der Waals surface area contributed by atoms with Crippen molar-refractivity contribution in [2.75, 3.05) is 17.6 Å². The predicted octanol–water partition coefficient (Wildman–Crippen LogP) is 0.825. The van der Waals surface area contributed by atoms with Gasteiger partial charge in [-0.25, -0.2) is 13.4 Å². The van der Waals surface area contributed by atoms with Crippen molar-refractivity contribution in [3.05, 3.63) is 17.5 Å². The van der Waals surface area contributed by atoms with E-state index in [2.05, 4.69) is 19.4 Å². The van der Waals surface area contributed by atoms with E-state index in [4.69, 9.17) is 11.6 Å². The number of aromatic nitrogens is 2. The van der Waals surface area contributed by atoms with Gasteiger partial charge >= 0.3 is 5.97 Å². The number of hydrogen-bond donors (Lipinski definition) is 1. The Morgan fingerprint density at radius 2 is 2.28 bits per heavy atom. The number of sulfonamides is 1. The standard InChI is InChI=1S/C9H12ClN3O4S/c1-17-8(14)3-2-6-18(15,16)13-7-4-5-11-9(10)12-7/h4-5H,2-3,6H2,1H3,(H,11,12,13). The van der Waals surface area contributed by atoms with Crippen LogP contribution >= 0.6 is 11.6 Å². The lowest BCUT2D eigenvalue weighted by atomic mass is 10.3. The molecule has 0 saturated carbocycles. The fraction of sp³-hybridized carbons (Fsp3) is 0.444. The Hall–Kier alpha value is -1.41. The van der Waals surface area contributed by atoms with Crippen molar-refractivity contribution in [2.45, 2.75) is 12.8 Å². The van der Waals surface area contributed by atoms with Gasteiger partial charge in [0.2, 0.25) is 15.3 Å². The molecule has 18 heavy (non-hydrogen) atoms. The average Bonchev–Trinajstić information content (AvgIpc) is 2.27. The van der Waals surface area contributed by atoms with Gasteiger partial charge in [0.05, 0.1) is 12.9 Å². The molecular formula is C9H12ClN3O4S. The molecule has 0 aliphatic carbocycles. The summed E-state index contributed by atoms with van der Waals surface area (Å²) in [5, 5.41) is -0.0511. The molecule has 1 N–H and O–H groups in total.